The van der Waals surface area contributed by atoms with Crippen molar-refractivity contribution in [1.82, 2.24) is 4.90 Å². The number of nitrogens with zero attached hydrogens (tertiary/aromatic N) is 1. The van der Waals surface area contributed by atoms with Crippen molar-refractivity contribution in [2.24, 2.45) is 5.73 Å². The van der Waals surface area contributed by atoms with E-state index in [2.05, 4.69) is 12.1 Å². The average Bonchev–Trinajstić information content (AvgIpc) is 2.58. The molecule has 2 N–H and O–H groups in total. The van der Waals surface area contributed by atoms with Crippen molar-refractivity contribution in [3.05, 3.63) is 35.4 Å². The molecule has 1 aromatic rings. The van der Waals surface area contributed by atoms with E-state index < -0.39 is 5.54 Å². The summed E-state index contributed by atoms with van der Waals surface area (Å²) >= 11 is 0. The predicted octanol–water partition coefficient (Wildman–Crippen LogP) is 1.69. The lowest BCUT2D eigenvalue weighted by Crippen LogP contribution is -2.49. The molecule has 0 aliphatic carbocycles. The van der Waals surface area contributed by atoms with E-state index in [0.717, 1.165) is 0 Å². The van der Waals surface area contributed by atoms with E-state index in [0.29, 0.717) is 13.1 Å². The molecule has 16 heavy (non-hydrogen) atoms. The van der Waals surface area contributed by atoms with E-state index in [9.17, 15) is 4.79 Å². The van der Waals surface area contributed by atoms with Crippen LogP contribution in [0.3, 0.4) is 0 Å². The van der Waals surface area contributed by atoms with Gasteiger partial charge in [-0.25, -0.2) is 0 Å². The highest BCUT2D eigenvalue weighted by Crippen LogP contribution is 2.23. The highest BCUT2D eigenvalue weighted by Gasteiger charge is 2.31. The monoisotopic (exact) mass is 240 g/mol. The maximum atomic E-state index is 11.9. The number of rotatable bonds is 1. The molecule has 4 heteroatoms. The Bertz CT molecular complexity index is 373. The van der Waals surface area contributed by atoms with Gasteiger partial charge in [0.1, 0.15) is 0 Å². The zero-order valence-corrected chi connectivity index (χ0v) is 10.4. The minimum Gasteiger partial charge on any atom is -0.332 e. The van der Waals surface area contributed by atoms with Gasteiger partial charge in [-0.05, 0) is 25.0 Å². The van der Waals surface area contributed by atoms with E-state index in [-0.39, 0.29) is 18.3 Å². The molecule has 0 unspecified atom stereocenters. The standard InChI is InChI=1S/C12H16N2O.ClH/c1-12(2,13)11(15)14-7-9-5-3-4-6-10(9)8-14;/h3-6H,7-8,13H2,1-2H3;1H. The lowest BCUT2D eigenvalue weighted by Gasteiger charge is -2.25. The largest absolute Gasteiger partial charge is 0.332 e. The van der Waals surface area contributed by atoms with Crippen LogP contribution in [0.5, 0.6) is 0 Å². The lowest BCUT2D eigenvalue weighted by molar-refractivity contribution is -0.136. The molecule has 0 saturated heterocycles. The molecule has 88 valence electrons. The Kier molecular flexibility index (Phi) is 3.61. The second-order valence-corrected chi connectivity index (χ2v) is 4.65. The van der Waals surface area contributed by atoms with Crippen LogP contribution in [0.2, 0.25) is 0 Å². The first-order valence-corrected chi connectivity index (χ1v) is 5.13. The van der Waals surface area contributed by atoms with Crippen LogP contribution < -0.4 is 5.73 Å². The molecule has 1 aromatic carbocycles. The fourth-order valence-corrected chi connectivity index (χ4v) is 1.88. The maximum Gasteiger partial charge on any atom is 0.242 e. The molecule has 0 bridgehead atoms. The molecule has 1 aliphatic rings. The first-order chi connectivity index (χ1) is 6.98. The molecule has 0 fully saturated rings. The number of hydrogen-bond acceptors (Lipinski definition) is 2. The molecule has 1 heterocycles. The van der Waals surface area contributed by atoms with E-state index in [1.165, 1.54) is 11.1 Å². The van der Waals surface area contributed by atoms with Gasteiger partial charge in [-0.15, -0.1) is 12.4 Å². The summed E-state index contributed by atoms with van der Waals surface area (Å²) in [6.07, 6.45) is 0. The van der Waals surface area contributed by atoms with Crippen LogP contribution in [0.25, 0.3) is 0 Å². The highest BCUT2D eigenvalue weighted by atomic mass is 35.5. The summed E-state index contributed by atoms with van der Waals surface area (Å²) < 4.78 is 0. The number of carbonyl (C=O) groups is 1. The third kappa shape index (κ3) is 2.36. The number of carbonyl (C=O) groups excluding carboxylic acids is 1. The summed E-state index contributed by atoms with van der Waals surface area (Å²) in [5.41, 5.74) is 7.49. The maximum absolute atomic E-state index is 11.9. The summed E-state index contributed by atoms with van der Waals surface area (Å²) in [5, 5.41) is 0. The van der Waals surface area contributed by atoms with E-state index in [4.69, 9.17) is 5.73 Å². The molecule has 0 radical (unpaired) electrons. The van der Waals surface area contributed by atoms with Crippen molar-refractivity contribution >= 4 is 18.3 Å². The zero-order chi connectivity index (χ0) is 11.1. The Morgan fingerprint density at radius 3 is 2.06 bits per heavy atom. The Hall–Kier alpha value is -1.06. The third-order valence-electron chi connectivity index (χ3n) is 2.68. The van der Waals surface area contributed by atoms with E-state index in [1.807, 2.05) is 17.0 Å². The van der Waals surface area contributed by atoms with Crippen molar-refractivity contribution in [3.63, 3.8) is 0 Å². The second kappa shape index (κ2) is 4.44. The van der Waals surface area contributed by atoms with Gasteiger partial charge in [0.05, 0.1) is 5.54 Å². The van der Waals surface area contributed by atoms with Crippen LogP contribution in [-0.2, 0) is 17.9 Å². The fourth-order valence-electron chi connectivity index (χ4n) is 1.88. The summed E-state index contributed by atoms with van der Waals surface area (Å²) in [6, 6.07) is 8.12. The molecule has 0 spiro atoms. The first kappa shape index (κ1) is 13.0. The number of halogens is 1. The number of nitrogens with two attached hydrogens (primary N) is 1. The average molecular weight is 241 g/mol. The number of fused-ring (bicyclic) bond motifs is 1. The van der Waals surface area contributed by atoms with Crippen molar-refractivity contribution in [3.8, 4) is 0 Å². The minimum absolute atomic E-state index is 0. The van der Waals surface area contributed by atoms with Crippen LogP contribution in [0.1, 0.15) is 25.0 Å². The topological polar surface area (TPSA) is 46.3 Å². The Morgan fingerprint density at radius 1 is 1.25 bits per heavy atom. The third-order valence-corrected chi connectivity index (χ3v) is 2.68. The lowest BCUT2D eigenvalue weighted by atomic mass is 10.1. The van der Waals surface area contributed by atoms with Gasteiger partial charge in [-0.3, -0.25) is 4.79 Å². The summed E-state index contributed by atoms with van der Waals surface area (Å²) in [5.74, 6) is 0.0127. The van der Waals surface area contributed by atoms with Gasteiger partial charge in [-0.1, -0.05) is 24.3 Å². The van der Waals surface area contributed by atoms with Gasteiger partial charge in [0.15, 0.2) is 0 Å². The number of amides is 1. The number of benzene rings is 1. The summed E-state index contributed by atoms with van der Waals surface area (Å²) in [7, 11) is 0. The molecule has 1 amide bonds. The predicted molar refractivity (Wildman–Crippen MR) is 66.2 cm³/mol. The van der Waals surface area contributed by atoms with Crippen molar-refractivity contribution in [2.45, 2.75) is 32.5 Å². The smallest absolute Gasteiger partial charge is 0.242 e. The first-order valence-electron chi connectivity index (χ1n) is 5.13. The van der Waals surface area contributed by atoms with E-state index in [1.54, 1.807) is 13.8 Å². The Morgan fingerprint density at radius 2 is 1.69 bits per heavy atom. The quantitative estimate of drug-likeness (QED) is 0.812. The minimum atomic E-state index is -0.776. The molecular weight excluding hydrogens is 224 g/mol. The normalized spacial score (nSPS) is 14.3. The highest BCUT2D eigenvalue weighted by molar-refractivity contribution is 5.86. The molecule has 3 nitrogen and oxygen atoms in total. The van der Waals surface area contributed by atoms with Crippen LogP contribution in [0.4, 0.5) is 0 Å². The van der Waals surface area contributed by atoms with Crippen molar-refractivity contribution < 1.29 is 4.79 Å². The molecule has 0 atom stereocenters. The van der Waals surface area contributed by atoms with Crippen LogP contribution in [-0.4, -0.2) is 16.3 Å². The molecular formula is C12H17ClN2O. The fraction of sp³-hybridized carbons (Fsp3) is 0.417. The van der Waals surface area contributed by atoms with Gasteiger partial charge in [0.2, 0.25) is 5.91 Å². The number of hydrogen-bond donors (Lipinski definition) is 1. The molecule has 1 aliphatic heterocycles. The summed E-state index contributed by atoms with van der Waals surface area (Å²) in [4.78, 5) is 13.7. The van der Waals surface area contributed by atoms with Crippen LogP contribution in [0, 0.1) is 0 Å². The summed E-state index contributed by atoms with van der Waals surface area (Å²) in [6.45, 7) is 4.88. The molecule has 0 saturated carbocycles. The van der Waals surface area contributed by atoms with Crippen LogP contribution in [0.15, 0.2) is 24.3 Å². The van der Waals surface area contributed by atoms with Gasteiger partial charge in [-0.2, -0.15) is 0 Å². The van der Waals surface area contributed by atoms with E-state index >= 15 is 0 Å². The van der Waals surface area contributed by atoms with Gasteiger partial charge >= 0.3 is 0 Å². The Labute approximate surface area is 102 Å². The SMILES string of the molecule is CC(C)(N)C(=O)N1Cc2ccccc2C1.Cl. The molecule has 0 aromatic heterocycles. The van der Waals surface area contributed by atoms with Gasteiger partial charge < -0.3 is 10.6 Å². The zero-order valence-electron chi connectivity index (χ0n) is 9.56. The van der Waals surface area contributed by atoms with Gasteiger partial charge in [0, 0.05) is 13.1 Å². The van der Waals surface area contributed by atoms with Gasteiger partial charge in [0.25, 0.3) is 0 Å². The molecule has 2 rings (SSSR count). The van der Waals surface area contributed by atoms with Crippen molar-refractivity contribution in [1.29, 1.82) is 0 Å². The Balaban J connectivity index is 0.00000128. The van der Waals surface area contributed by atoms with Crippen LogP contribution >= 0.6 is 12.4 Å². The van der Waals surface area contributed by atoms with Crippen molar-refractivity contribution in [2.75, 3.05) is 0 Å². The second-order valence-electron chi connectivity index (χ2n) is 4.65.